The summed E-state index contributed by atoms with van der Waals surface area (Å²) in [4.78, 5) is 4.93. The van der Waals surface area contributed by atoms with Gasteiger partial charge in [-0.25, -0.2) is 0 Å². The number of benzene rings is 4. The van der Waals surface area contributed by atoms with E-state index < -0.39 is 0 Å². The third kappa shape index (κ3) is 2.41. The number of fused-ring (bicyclic) bond motifs is 4. The molecule has 2 heterocycles. The molecule has 158 valence electrons. The molecule has 0 unspecified atom stereocenters. The van der Waals surface area contributed by atoms with Crippen molar-refractivity contribution in [1.82, 2.24) is 4.98 Å². The predicted molar refractivity (Wildman–Crippen MR) is 137 cm³/mol. The van der Waals surface area contributed by atoms with Crippen LogP contribution in [0.2, 0.25) is 0 Å². The number of hydrogen-bond acceptors (Lipinski definition) is 2. The smallest absolute Gasteiger partial charge is 0.143 e. The van der Waals surface area contributed by atoms with E-state index in [9.17, 15) is 0 Å². The summed E-state index contributed by atoms with van der Waals surface area (Å²) in [5.41, 5.74) is 10.0. The van der Waals surface area contributed by atoms with E-state index in [2.05, 4.69) is 93.6 Å². The lowest BCUT2D eigenvalue weighted by Gasteiger charge is -2.29. The topological polar surface area (TPSA) is 26.0 Å². The number of aryl methyl sites for hydroxylation is 1. The van der Waals surface area contributed by atoms with Crippen molar-refractivity contribution in [3.05, 3.63) is 102 Å². The van der Waals surface area contributed by atoms with E-state index in [1.54, 1.807) is 0 Å². The van der Waals surface area contributed by atoms with Crippen LogP contribution in [0.4, 0.5) is 0 Å². The second-order valence-electron chi connectivity index (χ2n) is 9.70. The van der Waals surface area contributed by atoms with E-state index in [0.29, 0.717) is 0 Å². The van der Waals surface area contributed by atoms with Crippen LogP contribution >= 0.6 is 0 Å². The van der Waals surface area contributed by atoms with Crippen molar-refractivity contribution in [3.63, 3.8) is 0 Å². The molecule has 0 N–H and O–H groups in total. The average molecular weight is 426 g/mol. The number of furan rings is 1. The molecule has 0 atom stereocenters. The molecule has 0 aliphatic heterocycles. The van der Waals surface area contributed by atoms with Crippen LogP contribution in [0.25, 0.3) is 55.1 Å². The van der Waals surface area contributed by atoms with Gasteiger partial charge in [0.15, 0.2) is 0 Å². The molecule has 2 heteroatoms. The lowest BCUT2D eigenvalue weighted by molar-refractivity contribution is 0.648. The third-order valence-corrected chi connectivity index (χ3v) is 7.35. The van der Waals surface area contributed by atoms with Crippen LogP contribution in [-0.4, -0.2) is 4.98 Å². The standard InChI is InChI=1S/C31H23NO/c1-18-9-11-21-20(17-18)10-12-23-28(21)31(2,3)24-14-13-22(19-7-5-4-6-8-19)30-26(24)27-25(33-30)15-16-32-29(23)27/h4-17H,1-3H3. The van der Waals surface area contributed by atoms with Crippen LogP contribution in [-0.2, 0) is 5.41 Å². The summed E-state index contributed by atoms with van der Waals surface area (Å²) in [6.45, 7) is 6.83. The molecule has 33 heavy (non-hydrogen) atoms. The van der Waals surface area contributed by atoms with Gasteiger partial charge in [-0.3, -0.25) is 4.98 Å². The largest absolute Gasteiger partial charge is 0.455 e. The Morgan fingerprint density at radius 2 is 1.61 bits per heavy atom. The van der Waals surface area contributed by atoms with Gasteiger partial charge in [0.25, 0.3) is 0 Å². The Bertz CT molecular complexity index is 1740. The molecule has 7 rings (SSSR count). The van der Waals surface area contributed by atoms with Gasteiger partial charge in [-0.1, -0.05) is 92.2 Å². The molecule has 0 saturated heterocycles. The molecule has 4 aromatic carbocycles. The van der Waals surface area contributed by atoms with Gasteiger partial charge in [0, 0.05) is 28.1 Å². The monoisotopic (exact) mass is 425 g/mol. The molecule has 6 aromatic rings. The quantitative estimate of drug-likeness (QED) is 0.264. The highest BCUT2D eigenvalue weighted by molar-refractivity contribution is 6.18. The molecule has 1 aliphatic rings. The highest BCUT2D eigenvalue weighted by atomic mass is 16.3. The summed E-state index contributed by atoms with van der Waals surface area (Å²) < 4.78 is 6.57. The van der Waals surface area contributed by atoms with Gasteiger partial charge in [0.05, 0.1) is 11.1 Å². The Labute approximate surface area is 192 Å². The molecule has 1 aliphatic carbocycles. The Morgan fingerprint density at radius 1 is 0.788 bits per heavy atom. The third-order valence-electron chi connectivity index (χ3n) is 7.35. The first-order chi connectivity index (χ1) is 16.0. The fourth-order valence-corrected chi connectivity index (χ4v) is 5.84. The van der Waals surface area contributed by atoms with Crippen molar-refractivity contribution < 1.29 is 4.42 Å². The van der Waals surface area contributed by atoms with Crippen molar-refractivity contribution in [3.8, 4) is 22.4 Å². The minimum Gasteiger partial charge on any atom is -0.455 e. The molecule has 0 amide bonds. The summed E-state index contributed by atoms with van der Waals surface area (Å²) in [5.74, 6) is 0. The number of pyridine rings is 1. The number of hydrogen-bond donors (Lipinski definition) is 0. The molecule has 0 fully saturated rings. The average Bonchev–Trinajstić information content (AvgIpc) is 3.19. The normalized spacial score (nSPS) is 14.2. The van der Waals surface area contributed by atoms with E-state index in [4.69, 9.17) is 9.40 Å². The fourth-order valence-electron chi connectivity index (χ4n) is 5.84. The van der Waals surface area contributed by atoms with E-state index in [0.717, 1.165) is 33.4 Å². The molecular formula is C31H23NO. The van der Waals surface area contributed by atoms with Gasteiger partial charge in [-0.2, -0.15) is 0 Å². The first-order valence-corrected chi connectivity index (χ1v) is 11.5. The summed E-state index contributed by atoms with van der Waals surface area (Å²) in [7, 11) is 0. The Morgan fingerprint density at radius 3 is 2.45 bits per heavy atom. The van der Waals surface area contributed by atoms with E-state index in [1.807, 2.05) is 12.3 Å². The summed E-state index contributed by atoms with van der Waals surface area (Å²) in [6.07, 6.45) is 1.88. The van der Waals surface area contributed by atoms with Gasteiger partial charge < -0.3 is 4.42 Å². The maximum atomic E-state index is 6.57. The van der Waals surface area contributed by atoms with Gasteiger partial charge >= 0.3 is 0 Å². The molecule has 0 spiro atoms. The van der Waals surface area contributed by atoms with Crippen LogP contribution < -0.4 is 0 Å². The van der Waals surface area contributed by atoms with Crippen molar-refractivity contribution in [2.75, 3.05) is 0 Å². The Hall–Kier alpha value is -3.91. The Kier molecular flexibility index (Phi) is 3.57. The molecule has 0 saturated carbocycles. The summed E-state index contributed by atoms with van der Waals surface area (Å²) >= 11 is 0. The van der Waals surface area contributed by atoms with Crippen molar-refractivity contribution in [2.45, 2.75) is 26.2 Å². The lowest BCUT2D eigenvalue weighted by Crippen LogP contribution is -2.20. The number of nitrogens with zero attached hydrogens (tertiary/aromatic N) is 1. The van der Waals surface area contributed by atoms with Gasteiger partial charge in [-0.05, 0) is 40.5 Å². The predicted octanol–water partition coefficient (Wildman–Crippen LogP) is 8.42. The minimum atomic E-state index is -0.227. The van der Waals surface area contributed by atoms with Crippen LogP contribution in [0, 0.1) is 6.92 Å². The van der Waals surface area contributed by atoms with Crippen LogP contribution in [0.15, 0.2) is 89.5 Å². The van der Waals surface area contributed by atoms with Crippen molar-refractivity contribution in [2.24, 2.45) is 0 Å². The van der Waals surface area contributed by atoms with E-state index in [1.165, 1.54) is 38.4 Å². The maximum Gasteiger partial charge on any atom is 0.143 e. The highest BCUT2D eigenvalue weighted by Crippen LogP contribution is 2.52. The number of aromatic nitrogens is 1. The first kappa shape index (κ1) is 18.6. The highest BCUT2D eigenvalue weighted by Gasteiger charge is 2.36. The van der Waals surface area contributed by atoms with Crippen LogP contribution in [0.3, 0.4) is 0 Å². The van der Waals surface area contributed by atoms with Gasteiger partial charge in [-0.15, -0.1) is 0 Å². The summed E-state index contributed by atoms with van der Waals surface area (Å²) in [5, 5.41) is 4.89. The molecule has 0 bridgehead atoms. The molecule has 2 nitrogen and oxygen atoms in total. The van der Waals surface area contributed by atoms with Gasteiger partial charge in [0.2, 0.25) is 0 Å². The second kappa shape index (κ2) is 6.32. The van der Waals surface area contributed by atoms with Crippen LogP contribution in [0.1, 0.15) is 30.5 Å². The zero-order valence-corrected chi connectivity index (χ0v) is 18.9. The minimum absolute atomic E-state index is 0.227. The Balaban J connectivity index is 1.70. The zero-order chi connectivity index (χ0) is 22.3. The van der Waals surface area contributed by atoms with Crippen molar-refractivity contribution >= 4 is 32.7 Å². The van der Waals surface area contributed by atoms with Gasteiger partial charge in [0.1, 0.15) is 11.2 Å². The maximum absolute atomic E-state index is 6.57. The van der Waals surface area contributed by atoms with E-state index >= 15 is 0 Å². The first-order valence-electron chi connectivity index (χ1n) is 11.5. The second-order valence-corrected chi connectivity index (χ2v) is 9.70. The molecule has 0 radical (unpaired) electrons. The SMILES string of the molecule is Cc1ccc2c3c(ccc2c1)-c1nccc2oc4c(-c5ccccc5)ccc(c4c12)C3(C)C. The number of rotatable bonds is 1. The molecular weight excluding hydrogens is 402 g/mol. The lowest BCUT2D eigenvalue weighted by atomic mass is 9.73. The molecule has 2 aromatic heterocycles. The fraction of sp³-hybridized carbons (Fsp3) is 0.129. The van der Waals surface area contributed by atoms with E-state index in [-0.39, 0.29) is 5.41 Å². The zero-order valence-electron chi connectivity index (χ0n) is 18.9. The van der Waals surface area contributed by atoms with Crippen molar-refractivity contribution in [1.29, 1.82) is 0 Å². The van der Waals surface area contributed by atoms with Crippen LogP contribution in [0.5, 0.6) is 0 Å². The summed E-state index contributed by atoms with van der Waals surface area (Å²) in [6, 6.07) is 28.3.